The van der Waals surface area contributed by atoms with Crippen LogP contribution in [0.1, 0.15) is 44.2 Å². The first kappa shape index (κ1) is 11.5. The van der Waals surface area contributed by atoms with Crippen LogP contribution in [0, 0.1) is 0 Å². The average molecular weight is 219 g/mol. The molecule has 2 heteroatoms. The standard InChI is InChI=1S/C14H21NO/c1-14(2,3)15-9-11-5-4-10-6-7-12(16)8-13(10)11/h6-8,11,15-16H,4-5,9H2,1-3H3. The maximum atomic E-state index is 9.52. The highest BCUT2D eigenvalue weighted by Gasteiger charge is 2.23. The summed E-state index contributed by atoms with van der Waals surface area (Å²) in [6.45, 7) is 7.56. The summed E-state index contributed by atoms with van der Waals surface area (Å²) >= 11 is 0. The van der Waals surface area contributed by atoms with Crippen molar-refractivity contribution < 1.29 is 5.11 Å². The molecule has 0 saturated heterocycles. The molecule has 1 aliphatic rings. The van der Waals surface area contributed by atoms with Gasteiger partial charge >= 0.3 is 0 Å². The predicted octanol–water partition coefficient (Wildman–Crippen LogP) is 2.81. The van der Waals surface area contributed by atoms with Gasteiger partial charge in [0.1, 0.15) is 5.75 Å². The van der Waals surface area contributed by atoms with Crippen molar-refractivity contribution >= 4 is 0 Å². The minimum Gasteiger partial charge on any atom is -0.508 e. The molecule has 88 valence electrons. The van der Waals surface area contributed by atoms with E-state index in [1.807, 2.05) is 6.07 Å². The highest BCUT2D eigenvalue weighted by molar-refractivity contribution is 5.40. The lowest BCUT2D eigenvalue weighted by molar-refractivity contribution is 0.404. The summed E-state index contributed by atoms with van der Waals surface area (Å²) in [5, 5.41) is 13.1. The third kappa shape index (κ3) is 2.56. The first-order valence-electron chi connectivity index (χ1n) is 6.02. The Hall–Kier alpha value is -1.02. The van der Waals surface area contributed by atoms with Gasteiger partial charge in [0.15, 0.2) is 0 Å². The Kier molecular flexibility index (Phi) is 2.94. The zero-order chi connectivity index (χ0) is 11.8. The molecule has 16 heavy (non-hydrogen) atoms. The molecule has 0 saturated carbocycles. The fraction of sp³-hybridized carbons (Fsp3) is 0.571. The van der Waals surface area contributed by atoms with Gasteiger partial charge in [-0.3, -0.25) is 0 Å². The number of aryl methyl sites for hydroxylation is 1. The van der Waals surface area contributed by atoms with Crippen LogP contribution in [0.15, 0.2) is 18.2 Å². The summed E-state index contributed by atoms with van der Waals surface area (Å²) in [4.78, 5) is 0. The molecule has 2 N–H and O–H groups in total. The number of nitrogens with one attached hydrogen (secondary N) is 1. The number of phenols is 1. The van der Waals surface area contributed by atoms with Gasteiger partial charge in [-0.25, -0.2) is 0 Å². The van der Waals surface area contributed by atoms with Gasteiger partial charge < -0.3 is 10.4 Å². The van der Waals surface area contributed by atoms with Crippen molar-refractivity contribution in [1.29, 1.82) is 0 Å². The molecule has 0 radical (unpaired) electrons. The number of fused-ring (bicyclic) bond motifs is 1. The minimum absolute atomic E-state index is 0.166. The molecule has 0 heterocycles. The molecule has 1 aliphatic carbocycles. The summed E-state index contributed by atoms with van der Waals surface area (Å²) in [5.41, 5.74) is 2.90. The lowest BCUT2D eigenvalue weighted by Gasteiger charge is -2.23. The van der Waals surface area contributed by atoms with Gasteiger partial charge in [0.2, 0.25) is 0 Å². The summed E-state index contributed by atoms with van der Waals surface area (Å²) in [7, 11) is 0. The molecule has 0 aromatic heterocycles. The Bertz CT molecular complexity index is 379. The topological polar surface area (TPSA) is 32.3 Å². The average Bonchev–Trinajstić information content (AvgIpc) is 2.56. The fourth-order valence-electron chi connectivity index (χ4n) is 2.32. The van der Waals surface area contributed by atoms with Gasteiger partial charge in [0.25, 0.3) is 0 Å². The number of hydrogen-bond donors (Lipinski definition) is 2. The van der Waals surface area contributed by atoms with Crippen LogP contribution in [0.25, 0.3) is 0 Å². The zero-order valence-electron chi connectivity index (χ0n) is 10.4. The van der Waals surface area contributed by atoms with Gasteiger partial charge in [-0.05, 0) is 62.8 Å². The van der Waals surface area contributed by atoms with Crippen molar-refractivity contribution in [3.8, 4) is 5.75 Å². The van der Waals surface area contributed by atoms with Crippen LogP contribution < -0.4 is 5.32 Å². The van der Waals surface area contributed by atoms with E-state index in [9.17, 15) is 5.11 Å². The zero-order valence-corrected chi connectivity index (χ0v) is 10.4. The van der Waals surface area contributed by atoms with Crippen LogP contribution in [0.3, 0.4) is 0 Å². The van der Waals surface area contributed by atoms with Crippen LogP contribution in [0.4, 0.5) is 0 Å². The molecule has 1 atom stereocenters. The van der Waals surface area contributed by atoms with Gasteiger partial charge in [-0.2, -0.15) is 0 Å². The molecule has 0 aliphatic heterocycles. The lowest BCUT2D eigenvalue weighted by atomic mass is 9.99. The molecule has 0 fully saturated rings. The second kappa shape index (κ2) is 4.10. The molecule has 2 rings (SSSR count). The molecule has 0 spiro atoms. The third-order valence-electron chi connectivity index (χ3n) is 3.21. The molecule has 0 amide bonds. The lowest BCUT2D eigenvalue weighted by Crippen LogP contribution is -2.38. The normalized spacial score (nSPS) is 19.8. The van der Waals surface area contributed by atoms with Crippen LogP contribution in [-0.4, -0.2) is 17.2 Å². The second-order valence-electron chi connectivity index (χ2n) is 5.75. The Balaban J connectivity index is 2.08. The van der Waals surface area contributed by atoms with Gasteiger partial charge in [0, 0.05) is 12.1 Å². The van der Waals surface area contributed by atoms with E-state index in [1.165, 1.54) is 17.5 Å². The summed E-state index contributed by atoms with van der Waals surface area (Å²) in [6, 6.07) is 5.78. The first-order chi connectivity index (χ1) is 7.46. The summed E-state index contributed by atoms with van der Waals surface area (Å²) < 4.78 is 0. The number of rotatable bonds is 2. The van der Waals surface area contributed by atoms with E-state index in [0.717, 1.165) is 13.0 Å². The number of aromatic hydroxyl groups is 1. The Morgan fingerprint density at radius 1 is 1.38 bits per heavy atom. The molecule has 1 aromatic rings. The molecule has 0 bridgehead atoms. The van der Waals surface area contributed by atoms with Crippen molar-refractivity contribution in [1.82, 2.24) is 5.32 Å². The van der Waals surface area contributed by atoms with E-state index in [2.05, 4.69) is 32.2 Å². The molecule has 1 unspecified atom stereocenters. The van der Waals surface area contributed by atoms with E-state index < -0.39 is 0 Å². The first-order valence-corrected chi connectivity index (χ1v) is 6.02. The van der Waals surface area contributed by atoms with Crippen molar-refractivity contribution in [2.45, 2.75) is 45.1 Å². The molecule has 2 nitrogen and oxygen atoms in total. The van der Waals surface area contributed by atoms with E-state index in [-0.39, 0.29) is 5.54 Å². The molecular weight excluding hydrogens is 198 g/mol. The number of hydrogen-bond acceptors (Lipinski definition) is 2. The van der Waals surface area contributed by atoms with Crippen molar-refractivity contribution in [3.63, 3.8) is 0 Å². The maximum absolute atomic E-state index is 9.52. The summed E-state index contributed by atoms with van der Waals surface area (Å²) in [6.07, 6.45) is 2.34. The Morgan fingerprint density at radius 2 is 2.12 bits per heavy atom. The SMILES string of the molecule is CC(C)(C)NCC1CCc2ccc(O)cc21. The van der Waals surface area contributed by atoms with Crippen molar-refractivity contribution in [2.75, 3.05) is 6.54 Å². The largest absolute Gasteiger partial charge is 0.508 e. The fourth-order valence-corrected chi connectivity index (χ4v) is 2.32. The van der Waals surface area contributed by atoms with Gasteiger partial charge in [-0.1, -0.05) is 6.07 Å². The maximum Gasteiger partial charge on any atom is 0.115 e. The predicted molar refractivity (Wildman–Crippen MR) is 66.9 cm³/mol. The Morgan fingerprint density at radius 3 is 2.81 bits per heavy atom. The second-order valence-corrected chi connectivity index (χ2v) is 5.75. The van der Waals surface area contributed by atoms with Crippen molar-refractivity contribution in [3.05, 3.63) is 29.3 Å². The molecular formula is C14H21NO. The summed E-state index contributed by atoms with van der Waals surface area (Å²) in [5.74, 6) is 0.947. The van der Waals surface area contributed by atoms with Crippen LogP contribution in [0.5, 0.6) is 5.75 Å². The number of benzene rings is 1. The highest BCUT2D eigenvalue weighted by Crippen LogP contribution is 2.34. The highest BCUT2D eigenvalue weighted by atomic mass is 16.3. The smallest absolute Gasteiger partial charge is 0.115 e. The van der Waals surface area contributed by atoms with E-state index in [1.54, 1.807) is 6.07 Å². The van der Waals surface area contributed by atoms with Crippen molar-refractivity contribution in [2.24, 2.45) is 0 Å². The monoisotopic (exact) mass is 219 g/mol. The number of phenolic OH excluding ortho intramolecular Hbond substituents is 1. The Labute approximate surface area is 97.7 Å². The quantitative estimate of drug-likeness (QED) is 0.801. The molecule has 1 aromatic carbocycles. The van der Waals surface area contributed by atoms with Crippen LogP contribution in [0.2, 0.25) is 0 Å². The van der Waals surface area contributed by atoms with E-state index >= 15 is 0 Å². The van der Waals surface area contributed by atoms with Gasteiger partial charge in [-0.15, -0.1) is 0 Å². The van der Waals surface area contributed by atoms with Gasteiger partial charge in [0.05, 0.1) is 0 Å². The third-order valence-corrected chi connectivity index (χ3v) is 3.21. The minimum atomic E-state index is 0.166. The van der Waals surface area contributed by atoms with Crippen LogP contribution in [-0.2, 0) is 6.42 Å². The van der Waals surface area contributed by atoms with Crippen LogP contribution >= 0.6 is 0 Å². The van der Waals surface area contributed by atoms with E-state index in [4.69, 9.17) is 0 Å². The van der Waals surface area contributed by atoms with E-state index in [0.29, 0.717) is 11.7 Å².